The molecule has 0 N–H and O–H groups in total. The van der Waals surface area contributed by atoms with Crippen molar-refractivity contribution < 1.29 is 9.21 Å². The molecule has 2 rings (SSSR count). The van der Waals surface area contributed by atoms with Gasteiger partial charge in [0.05, 0.1) is 0 Å². The zero-order chi connectivity index (χ0) is 14.9. The lowest BCUT2D eigenvalue weighted by Crippen LogP contribution is -2.07. The number of hydrogen-bond acceptors (Lipinski definition) is 2. The van der Waals surface area contributed by atoms with Crippen LogP contribution >= 0.6 is 0 Å². The molecule has 0 saturated heterocycles. The highest BCUT2D eigenvalue weighted by atomic mass is 16.3. The molecular formula is C18H22O2. The molecule has 106 valence electrons. The lowest BCUT2D eigenvalue weighted by Gasteiger charge is -2.05. The molecule has 2 heteroatoms. The minimum Gasteiger partial charge on any atom is -0.457 e. The molecule has 0 saturated carbocycles. The molecule has 0 amide bonds. The van der Waals surface area contributed by atoms with Crippen LogP contribution in [0.3, 0.4) is 0 Å². The summed E-state index contributed by atoms with van der Waals surface area (Å²) in [5.74, 6) is 1.69. The standard InChI is InChI=1S/C18H22O2/c1-11(2)16(19)18-15(14-9-7-6-8-10-14)13(5)17(20-18)12(3)4/h6-12H,1-5H3. The molecule has 20 heavy (non-hydrogen) atoms. The number of benzene rings is 1. The lowest BCUT2D eigenvalue weighted by molar-refractivity contribution is 0.0910. The minimum atomic E-state index is -0.0666. The van der Waals surface area contributed by atoms with Gasteiger partial charge in [-0.2, -0.15) is 0 Å². The zero-order valence-corrected chi connectivity index (χ0v) is 12.9. The Balaban J connectivity index is 2.67. The van der Waals surface area contributed by atoms with Gasteiger partial charge in [0.25, 0.3) is 0 Å². The molecule has 2 nitrogen and oxygen atoms in total. The Kier molecular flexibility index (Phi) is 4.12. The van der Waals surface area contributed by atoms with Crippen molar-refractivity contribution >= 4 is 5.78 Å². The average molecular weight is 270 g/mol. The van der Waals surface area contributed by atoms with Crippen molar-refractivity contribution in [2.45, 2.75) is 40.5 Å². The van der Waals surface area contributed by atoms with E-state index in [2.05, 4.69) is 13.8 Å². The fourth-order valence-corrected chi connectivity index (χ4v) is 2.47. The van der Waals surface area contributed by atoms with Crippen LogP contribution in [-0.4, -0.2) is 5.78 Å². The summed E-state index contributed by atoms with van der Waals surface area (Å²) in [5.41, 5.74) is 3.08. The first-order valence-electron chi connectivity index (χ1n) is 7.16. The number of carbonyl (C=O) groups excluding carboxylic acids is 1. The van der Waals surface area contributed by atoms with Crippen molar-refractivity contribution in [3.8, 4) is 11.1 Å². The van der Waals surface area contributed by atoms with Crippen molar-refractivity contribution in [1.29, 1.82) is 0 Å². The second-order valence-corrected chi connectivity index (χ2v) is 5.84. The largest absolute Gasteiger partial charge is 0.457 e. The molecule has 0 radical (unpaired) electrons. The third kappa shape index (κ3) is 2.55. The van der Waals surface area contributed by atoms with Crippen LogP contribution in [0.2, 0.25) is 0 Å². The van der Waals surface area contributed by atoms with Gasteiger partial charge < -0.3 is 4.42 Å². The number of hydrogen-bond donors (Lipinski definition) is 0. The number of ketones is 1. The van der Waals surface area contributed by atoms with Crippen LogP contribution in [0.25, 0.3) is 11.1 Å². The smallest absolute Gasteiger partial charge is 0.201 e. The first-order chi connectivity index (χ1) is 9.43. The van der Waals surface area contributed by atoms with Gasteiger partial charge in [-0.25, -0.2) is 0 Å². The molecular weight excluding hydrogens is 248 g/mol. The summed E-state index contributed by atoms with van der Waals surface area (Å²) in [6.07, 6.45) is 0. The summed E-state index contributed by atoms with van der Waals surface area (Å²) in [6, 6.07) is 10.0. The van der Waals surface area contributed by atoms with Gasteiger partial charge in [-0.3, -0.25) is 4.79 Å². The van der Waals surface area contributed by atoms with Crippen molar-refractivity contribution in [3.63, 3.8) is 0 Å². The van der Waals surface area contributed by atoms with Crippen LogP contribution in [0.1, 0.15) is 55.5 Å². The quantitative estimate of drug-likeness (QED) is 0.713. The third-order valence-electron chi connectivity index (χ3n) is 3.52. The Morgan fingerprint density at radius 3 is 2.15 bits per heavy atom. The van der Waals surface area contributed by atoms with Crippen molar-refractivity contribution in [1.82, 2.24) is 0 Å². The van der Waals surface area contributed by atoms with Crippen LogP contribution in [0.15, 0.2) is 34.7 Å². The van der Waals surface area contributed by atoms with Crippen molar-refractivity contribution in [2.24, 2.45) is 5.92 Å². The highest BCUT2D eigenvalue weighted by Gasteiger charge is 2.26. The Labute approximate surface area is 120 Å². The van der Waals surface area contributed by atoms with E-state index in [-0.39, 0.29) is 17.6 Å². The van der Waals surface area contributed by atoms with Crippen molar-refractivity contribution in [2.75, 3.05) is 0 Å². The normalized spacial score (nSPS) is 11.3. The molecule has 0 aliphatic heterocycles. The molecule has 0 bridgehead atoms. The fourth-order valence-electron chi connectivity index (χ4n) is 2.47. The SMILES string of the molecule is Cc1c(C(C)C)oc(C(=O)C(C)C)c1-c1ccccc1. The highest BCUT2D eigenvalue weighted by molar-refractivity contribution is 6.01. The van der Waals surface area contributed by atoms with E-state index in [1.54, 1.807) is 0 Å². The third-order valence-corrected chi connectivity index (χ3v) is 3.52. The van der Waals surface area contributed by atoms with E-state index in [1.165, 1.54) is 0 Å². The summed E-state index contributed by atoms with van der Waals surface area (Å²) in [4.78, 5) is 12.4. The average Bonchev–Trinajstić information content (AvgIpc) is 2.76. The summed E-state index contributed by atoms with van der Waals surface area (Å²) in [7, 11) is 0. The van der Waals surface area contributed by atoms with Gasteiger partial charge in [0.1, 0.15) is 5.76 Å². The maximum atomic E-state index is 12.4. The topological polar surface area (TPSA) is 30.2 Å². The molecule has 0 aliphatic carbocycles. The molecule has 0 fully saturated rings. The van der Waals surface area contributed by atoms with Crippen LogP contribution < -0.4 is 0 Å². The maximum absolute atomic E-state index is 12.4. The predicted molar refractivity (Wildman–Crippen MR) is 82.1 cm³/mol. The van der Waals surface area contributed by atoms with Gasteiger partial charge >= 0.3 is 0 Å². The number of rotatable bonds is 4. The summed E-state index contributed by atoms with van der Waals surface area (Å²) >= 11 is 0. The lowest BCUT2D eigenvalue weighted by atomic mass is 9.95. The number of furan rings is 1. The first kappa shape index (κ1) is 14.6. The monoisotopic (exact) mass is 270 g/mol. The van der Waals surface area contributed by atoms with E-state index in [1.807, 2.05) is 51.1 Å². The van der Waals surface area contributed by atoms with Crippen LogP contribution in [0, 0.1) is 12.8 Å². The van der Waals surface area contributed by atoms with Gasteiger partial charge in [0.2, 0.25) is 5.78 Å². The Hall–Kier alpha value is -1.83. The molecule has 0 aliphatic rings. The molecule has 2 aromatic rings. The Bertz CT molecular complexity index is 604. The van der Waals surface area contributed by atoms with E-state index in [9.17, 15) is 4.79 Å². The second-order valence-electron chi connectivity index (χ2n) is 5.84. The second kappa shape index (κ2) is 5.66. The van der Waals surface area contributed by atoms with Crippen LogP contribution in [0.5, 0.6) is 0 Å². The van der Waals surface area contributed by atoms with Gasteiger partial charge in [0, 0.05) is 17.4 Å². The van der Waals surface area contributed by atoms with Gasteiger partial charge in [-0.1, -0.05) is 58.0 Å². The molecule has 1 heterocycles. The predicted octanol–water partition coefficient (Wildman–Crippen LogP) is 5.22. The van der Waals surface area contributed by atoms with E-state index in [4.69, 9.17) is 4.42 Å². The van der Waals surface area contributed by atoms with E-state index < -0.39 is 0 Å². The Morgan fingerprint density at radius 2 is 1.65 bits per heavy atom. The minimum absolute atomic E-state index is 0.0666. The molecule has 0 unspecified atom stereocenters. The zero-order valence-electron chi connectivity index (χ0n) is 12.9. The summed E-state index contributed by atoms with van der Waals surface area (Å²) in [5, 5.41) is 0. The molecule has 0 atom stereocenters. The van der Waals surface area contributed by atoms with Gasteiger partial charge in [0.15, 0.2) is 5.76 Å². The van der Waals surface area contributed by atoms with Gasteiger partial charge in [-0.05, 0) is 18.1 Å². The first-order valence-corrected chi connectivity index (χ1v) is 7.16. The number of carbonyl (C=O) groups is 1. The van der Waals surface area contributed by atoms with E-state index in [0.717, 1.165) is 22.5 Å². The fraction of sp³-hybridized carbons (Fsp3) is 0.389. The van der Waals surface area contributed by atoms with E-state index in [0.29, 0.717) is 5.76 Å². The van der Waals surface area contributed by atoms with Crippen LogP contribution in [-0.2, 0) is 0 Å². The maximum Gasteiger partial charge on any atom is 0.201 e. The van der Waals surface area contributed by atoms with E-state index >= 15 is 0 Å². The number of Topliss-reactive ketones (excluding diaryl/α,β-unsaturated/α-hetero) is 1. The van der Waals surface area contributed by atoms with Gasteiger partial charge in [-0.15, -0.1) is 0 Å². The highest BCUT2D eigenvalue weighted by Crippen LogP contribution is 2.36. The Morgan fingerprint density at radius 1 is 1.05 bits per heavy atom. The molecule has 1 aromatic heterocycles. The molecule has 1 aromatic carbocycles. The molecule has 0 spiro atoms. The van der Waals surface area contributed by atoms with Crippen LogP contribution in [0.4, 0.5) is 0 Å². The summed E-state index contributed by atoms with van der Waals surface area (Å²) in [6.45, 7) is 10.0. The summed E-state index contributed by atoms with van der Waals surface area (Å²) < 4.78 is 5.93. The van der Waals surface area contributed by atoms with Crippen molar-refractivity contribution in [3.05, 3.63) is 47.4 Å².